The second kappa shape index (κ2) is 8.75. The van der Waals surface area contributed by atoms with E-state index in [-0.39, 0.29) is 18.2 Å². The molecule has 0 saturated heterocycles. The molecule has 1 heterocycles. The van der Waals surface area contributed by atoms with E-state index in [0.29, 0.717) is 11.6 Å². The Balaban J connectivity index is 2.04. The van der Waals surface area contributed by atoms with E-state index in [9.17, 15) is 18.4 Å². The largest absolute Gasteiger partial charge is 0.453 e. The van der Waals surface area contributed by atoms with Gasteiger partial charge in [0, 0.05) is 24.4 Å². The summed E-state index contributed by atoms with van der Waals surface area (Å²) in [7, 11) is 1.19. The molecule has 0 saturated carbocycles. The molecule has 2 rings (SSSR count). The highest BCUT2D eigenvalue weighted by atomic mass is 19.1. The van der Waals surface area contributed by atoms with Gasteiger partial charge in [0.1, 0.15) is 11.9 Å². The molecule has 1 aromatic heterocycles. The standard InChI is InChI=1S/C17H17F2N3O4/c1-10(22-17(24)25-2)15(23)21-9-11-4-3-7-20-16(11)26-14-6-5-12(18)8-13(14)19/h3-8,10H,9H2,1-2H3,(H,21,23)(H,22,24). The Hall–Kier alpha value is -3.23. The van der Waals surface area contributed by atoms with Gasteiger partial charge in [-0.25, -0.2) is 18.6 Å². The summed E-state index contributed by atoms with van der Waals surface area (Å²) in [6, 6.07) is 5.32. The van der Waals surface area contributed by atoms with Gasteiger partial charge in [-0.1, -0.05) is 6.07 Å². The predicted octanol–water partition coefficient (Wildman–Crippen LogP) is 2.51. The number of alkyl carbamates (subject to hydrolysis) is 1. The lowest BCUT2D eigenvalue weighted by molar-refractivity contribution is -0.122. The van der Waals surface area contributed by atoms with Crippen molar-refractivity contribution in [2.24, 2.45) is 0 Å². The van der Waals surface area contributed by atoms with E-state index >= 15 is 0 Å². The summed E-state index contributed by atoms with van der Waals surface area (Å²) in [5.74, 6) is -2.19. The fourth-order valence-electron chi connectivity index (χ4n) is 1.95. The Labute approximate surface area is 148 Å². The molecular weight excluding hydrogens is 348 g/mol. The molecule has 1 atom stereocenters. The number of amides is 2. The number of hydrogen-bond acceptors (Lipinski definition) is 5. The number of ether oxygens (including phenoxy) is 2. The smallest absolute Gasteiger partial charge is 0.407 e. The van der Waals surface area contributed by atoms with Gasteiger partial charge in [0.05, 0.1) is 7.11 Å². The van der Waals surface area contributed by atoms with Crippen molar-refractivity contribution in [3.05, 3.63) is 53.7 Å². The molecule has 138 valence electrons. The van der Waals surface area contributed by atoms with Gasteiger partial charge in [-0.15, -0.1) is 0 Å². The topological polar surface area (TPSA) is 89.5 Å². The van der Waals surface area contributed by atoms with E-state index < -0.39 is 29.7 Å². The molecule has 2 amide bonds. The van der Waals surface area contributed by atoms with Crippen molar-refractivity contribution in [3.63, 3.8) is 0 Å². The summed E-state index contributed by atoms with van der Waals surface area (Å²) in [6.45, 7) is 1.51. The summed E-state index contributed by atoms with van der Waals surface area (Å²) >= 11 is 0. The van der Waals surface area contributed by atoms with E-state index in [1.54, 1.807) is 12.1 Å². The quantitative estimate of drug-likeness (QED) is 0.821. The number of aromatic nitrogens is 1. The Morgan fingerprint density at radius 1 is 1.27 bits per heavy atom. The fraction of sp³-hybridized carbons (Fsp3) is 0.235. The normalized spacial score (nSPS) is 11.4. The Morgan fingerprint density at radius 2 is 2.04 bits per heavy atom. The molecule has 0 spiro atoms. The highest BCUT2D eigenvalue weighted by Crippen LogP contribution is 2.25. The fourth-order valence-corrected chi connectivity index (χ4v) is 1.95. The zero-order chi connectivity index (χ0) is 19.1. The summed E-state index contributed by atoms with van der Waals surface area (Å²) in [5, 5.41) is 4.92. The molecular formula is C17H17F2N3O4. The van der Waals surface area contributed by atoms with Crippen molar-refractivity contribution >= 4 is 12.0 Å². The van der Waals surface area contributed by atoms with Crippen molar-refractivity contribution < 1.29 is 27.8 Å². The average Bonchev–Trinajstić information content (AvgIpc) is 2.62. The molecule has 0 fully saturated rings. The van der Waals surface area contributed by atoms with Crippen LogP contribution in [0.4, 0.5) is 13.6 Å². The minimum absolute atomic E-state index is 0.0258. The van der Waals surface area contributed by atoms with Gasteiger partial charge in [-0.3, -0.25) is 4.79 Å². The molecule has 26 heavy (non-hydrogen) atoms. The molecule has 0 radical (unpaired) electrons. The maximum absolute atomic E-state index is 13.7. The number of rotatable bonds is 6. The third-order valence-corrected chi connectivity index (χ3v) is 3.32. The van der Waals surface area contributed by atoms with Gasteiger partial charge >= 0.3 is 6.09 Å². The maximum atomic E-state index is 13.7. The number of carbonyl (C=O) groups excluding carboxylic acids is 2. The van der Waals surface area contributed by atoms with Gasteiger partial charge in [-0.2, -0.15) is 0 Å². The minimum Gasteiger partial charge on any atom is -0.453 e. The molecule has 9 heteroatoms. The Kier molecular flexibility index (Phi) is 6.42. The van der Waals surface area contributed by atoms with Crippen LogP contribution in [0.1, 0.15) is 12.5 Å². The number of pyridine rings is 1. The summed E-state index contributed by atoms with van der Waals surface area (Å²) in [5.41, 5.74) is 0.467. The van der Waals surface area contributed by atoms with Gasteiger partial charge in [0.25, 0.3) is 0 Å². The highest BCUT2D eigenvalue weighted by molar-refractivity contribution is 5.85. The first-order valence-electron chi connectivity index (χ1n) is 7.59. The van der Waals surface area contributed by atoms with Crippen LogP contribution in [-0.2, 0) is 16.1 Å². The van der Waals surface area contributed by atoms with E-state index in [4.69, 9.17) is 4.74 Å². The SMILES string of the molecule is COC(=O)NC(C)C(=O)NCc1cccnc1Oc1ccc(F)cc1F. The second-order valence-corrected chi connectivity index (χ2v) is 5.22. The maximum Gasteiger partial charge on any atom is 0.407 e. The van der Waals surface area contributed by atoms with E-state index in [0.717, 1.165) is 12.1 Å². The van der Waals surface area contributed by atoms with Gasteiger partial charge in [-0.05, 0) is 25.1 Å². The van der Waals surface area contributed by atoms with Crippen LogP contribution in [-0.4, -0.2) is 30.1 Å². The Morgan fingerprint density at radius 3 is 2.73 bits per heavy atom. The molecule has 7 nitrogen and oxygen atoms in total. The third kappa shape index (κ3) is 5.13. The van der Waals surface area contributed by atoms with Gasteiger partial charge in [0.15, 0.2) is 11.6 Å². The zero-order valence-corrected chi connectivity index (χ0v) is 14.1. The zero-order valence-electron chi connectivity index (χ0n) is 14.1. The number of carbonyl (C=O) groups is 2. The van der Waals surface area contributed by atoms with Crippen molar-refractivity contribution in [2.45, 2.75) is 19.5 Å². The van der Waals surface area contributed by atoms with Crippen molar-refractivity contribution in [3.8, 4) is 11.6 Å². The molecule has 0 aliphatic carbocycles. The average molecular weight is 365 g/mol. The van der Waals surface area contributed by atoms with Crippen LogP contribution < -0.4 is 15.4 Å². The lowest BCUT2D eigenvalue weighted by atomic mass is 10.2. The number of hydrogen-bond donors (Lipinski definition) is 2. The third-order valence-electron chi connectivity index (χ3n) is 3.32. The lowest BCUT2D eigenvalue weighted by Gasteiger charge is -2.14. The van der Waals surface area contributed by atoms with E-state index in [1.807, 2.05) is 0 Å². The molecule has 2 aromatic rings. The lowest BCUT2D eigenvalue weighted by Crippen LogP contribution is -2.44. The molecule has 2 N–H and O–H groups in total. The number of nitrogens with zero attached hydrogens (tertiary/aromatic N) is 1. The summed E-state index contributed by atoms with van der Waals surface area (Å²) < 4.78 is 36.5. The van der Waals surface area contributed by atoms with Crippen LogP contribution in [0.15, 0.2) is 36.5 Å². The number of nitrogens with one attached hydrogen (secondary N) is 2. The van der Waals surface area contributed by atoms with Crippen LogP contribution in [0, 0.1) is 11.6 Å². The number of benzene rings is 1. The first-order valence-corrected chi connectivity index (χ1v) is 7.59. The van der Waals surface area contributed by atoms with E-state index in [2.05, 4.69) is 20.4 Å². The second-order valence-electron chi connectivity index (χ2n) is 5.22. The van der Waals surface area contributed by atoms with Crippen molar-refractivity contribution in [1.82, 2.24) is 15.6 Å². The van der Waals surface area contributed by atoms with Crippen LogP contribution in [0.2, 0.25) is 0 Å². The van der Waals surface area contributed by atoms with Crippen molar-refractivity contribution in [1.29, 1.82) is 0 Å². The Bertz CT molecular complexity index is 801. The monoisotopic (exact) mass is 365 g/mol. The summed E-state index contributed by atoms with van der Waals surface area (Å²) in [4.78, 5) is 27.1. The molecule has 1 aromatic carbocycles. The highest BCUT2D eigenvalue weighted by Gasteiger charge is 2.17. The minimum atomic E-state index is -0.874. The number of halogens is 2. The molecule has 0 aliphatic heterocycles. The first-order chi connectivity index (χ1) is 12.4. The van der Waals surface area contributed by atoms with Crippen LogP contribution in [0.25, 0.3) is 0 Å². The van der Waals surface area contributed by atoms with E-state index in [1.165, 1.54) is 20.2 Å². The molecule has 0 aliphatic rings. The van der Waals surface area contributed by atoms with Crippen molar-refractivity contribution in [2.75, 3.05) is 7.11 Å². The van der Waals surface area contributed by atoms with Gasteiger partial charge in [0.2, 0.25) is 11.8 Å². The predicted molar refractivity (Wildman–Crippen MR) is 87.5 cm³/mol. The summed E-state index contributed by atoms with van der Waals surface area (Å²) in [6.07, 6.45) is 0.702. The van der Waals surface area contributed by atoms with Crippen LogP contribution in [0.5, 0.6) is 11.6 Å². The number of methoxy groups -OCH3 is 1. The van der Waals surface area contributed by atoms with Crippen LogP contribution >= 0.6 is 0 Å². The van der Waals surface area contributed by atoms with Crippen LogP contribution in [0.3, 0.4) is 0 Å². The van der Waals surface area contributed by atoms with Gasteiger partial charge < -0.3 is 20.1 Å². The molecule has 0 bridgehead atoms. The molecule has 1 unspecified atom stereocenters. The first kappa shape index (κ1) is 19.1.